The summed E-state index contributed by atoms with van der Waals surface area (Å²) in [5.41, 5.74) is 0. The Morgan fingerprint density at radius 2 is 1.82 bits per heavy atom. The Hall–Kier alpha value is -0.0800. The standard InChI is InChI=1S/C15H28N2/c1-10(2)16-6-7-17(3)9-13-14-11-4-5-12(8-11)15(13)14/h10-16H,4-9H2,1-3H3. The Bertz CT molecular complexity index is 260. The van der Waals surface area contributed by atoms with E-state index in [1.807, 2.05) is 0 Å². The molecule has 3 saturated carbocycles. The maximum absolute atomic E-state index is 3.51. The highest BCUT2D eigenvalue weighted by Gasteiger charge is 2.64. The van der Waals surface area contributed by atoms with Crippen LogP contribution in [0.25, 0.3) is 0 Å². The SMILES string of the molecule is CC(C)NCCN(C)CC1C2C3CCC(C3)C12. The van der Waals surface area contributed by atoms with Crippen LogP contribution in [0, 0.1) is 29.6 Å². The highest BCUT2D eigenvalue weighted by Crippen LogP contribution is 2.69. The molecule has 0 saturated heterocycles. The van der Waals surface area contributed by atoms with E-state index in [0.717, 1.165) is 36.1 Å². The summed E-state index contributed by atoms with van der Waals surface area (Å²) in [7, 11) is 2.30. The van der Waals surface area contributed by atoms with Crippen molar-refractivity contribution in [3.05, 3.63) is 0 Å². The summed E-state index contributed by atoms with van der Waals surface area (Å²) in [5.74, 6) is 5.64. The highest BCUT2D eigenvalue weighted by atomic mass is 15.1. The van der Waals surface area contributed by atoms with Gasteiger partial charge in [-0.05, 0) is 55.9 Å². The summed E-state index contributed by atoms with van der Waals surface area (Å²) in [4.78, 5) is 2.55. The maximum Gasteiger partial charge on any atom is 0.0104 e. The molecule has 98 valence electrons. The molecule has 0 aromatic carbocycles. The molecule has 1 N–H and O–H groups in total. The summed E-state index contributed by atoms with van der Waals surface area (Å²) < 4.78 is 0. The molecule has 3 aliphatic rings. The molecule has 0 aromatic rings. The minimum atomic E-state index is 0.625. The molecule has 0 aromatic heterocycles. The molecule has 0 spiro atoms. The number of nitrogens with one attached hydrogen (secondary N) is 1. The molecule has 17 heavy (non-hydrogen) atoms. The fourth-order valence-corrected chi connectivity index (χ4v) is 4.75. The van der Waals surface area contributed by atoms with Gasteiger partial charge in [-0.2, -0.15) is 0 Å². The van der Waals surface area contributed by atoms with Gasteiger partial charge in [0, 0.05) is 25.7 Å². The van der Waals surface area contributed by atoms with Crippen molar-refractivity contribution in [3.8, 4) is 0 Å². The molecule has 0 aliphatic heterocycles. The molecule has 4 atom stereocenters. The van der Waals surface area contributed by atoms with E-state index >= 15 is 0 Å². The summed E-state index contributed by atoms with van der Waals surface area (Å²) >= 11 is 0. The van der Waals surface area contributed by atoms with E-state index in [-0.39, 0.29) is 0 Å². The number of rotatable bonds is 6. The van der Waals surface area contributed by atoms with Crippen LogP contribution >= 0.6 is 0 Å². The first kappa shape index (κ1) is 12.0. The second kappa shape index (κ2) is 4.55. The van der Waals surface area contributed by atoms with Gasteiger partial charge in [0.15, 0.2) is 0 Å². The van der Waals surface area contributed by atoms with Gasteiger partial charge < -0.3 is 10.2 Å². The van der Waals surface area contributed by atoms with Gasteiger partial charge in [0.1, 0.15) is 0 Å². The topological polar surface area (TPSA) is 15.3 Å². The van der Waals surface area contributed by atoms with E-state index in [1.54, 1.807) is 19.3 Å². The van der Waals surface area contributed by atoms with Crippen molar-refractivity contribution in [2.24, 2.45) is 29.6 Å². The number of fused-ring (bicyclic) bond motifs is 5. The Morgan fingerprint density at radius 3 is 2.41 bits per heavy atom. The van der Waals surface area contributed by atoms with E-state index in [9.17, 15) is 0 Å². The van der Waals surface area contributed by atoms with E-state index in [2.05, 4.69) is 31.1 Å². The van der Waals surface area contributed by atoms with Crippen molar-refractivity contribution in [1.29, 1.82) is 0 Å². The van der Waals surface area contributed by atoms with Crippen LogP contribution in [0.2, 0.25) is 0 Å². The van der Waals surface area contributed by atoms with Gasteiger partial charge in [-0.3, -0.25) is 0 Å². The van der Waals surface area contributed by atoms with Gasteiger partial charge in [0.05, 0.1) is 0 Å². The summed E-state index contributed by atoms with van der Waals surface area (Å²) in [6, 6.07) is 0.625. The first-order valence-electron chi connectivity index (χ1n) is 7.58. The number of likely N-dealkylation sites (N-methyl/N-ethyl adjacent to an activating group) is 1. The van der Waals surface area contributed by atoms with Crippen molar-refractivity contribution in [2.75, 3.05) is 26.7 Å². The summed E-state index contributed by atoms with van der Waals surface area (Å²) in [6.45, 7) is 8.17. The number of hydrogen-bond donors (Lipinski definition) is 1. The molecular formula is C15H28N2. The van der Waals surface area contributed by atoms with Crippen LogP contribution in [-0.4, -0.2) is 37.6 Å². The Kier molecular flexibility index (Phi) is 3.20. The van der Waals surface area contributed by atoms with Crippen molar-refractivity contribution in [1.82, 2.24) is 10.2 Å². The van der Waals surface area contributed by atoms with Gasteiger partial charge in [0.2, 0.25) is 0 Å². The molecular weight excluding hydrogens is 208 g/mol. The zero-order valence-electron chi connectivity index (χ0n) is 11.7. The predicted molar refractivity (Wildman–Crippen MR) is 71.9 cm³/mol. The Morgan fingerprint density at radius 1 is 1.18 bits per heavy atom. The molecule has 3 fully saturated rings. The maximum atomic E-state index is 3.51. The van der Waals surface area contributed by atoms with Crippen LogP contribution in [0.1, 0.15) is 33.1 Å². The highest BCUT2D eigenvalue weighted by molar-refractivity contribution is 5.13. The van der Waals surface area contributed by atoms with Gasteiger partial charge in [0.25, 0.3) is 0 Å². The Balaban J connectivity index is 1.38. The molecule has 4 unspecified atom stereocenters. The summed E-state index contributed by atoms with van der Waals surface area (Å²) in [6.07, 6.45) is 4.70. The fraction of sp³-hybridized carbons (Fsp3) is 1.00. The largest absolute Gasteiger partial charge is 0.313 e. The molecule has 2 nitrogen and oxygen atoms in total. The number of hydrogen-bond acceptors (Lipinski definition) is 2. The Labute approximate surface area is 106 Å². The van der Waals surface area contributed by atoms with Crippen LogP contribution < -0.4 is 5.32 Å². The molecule has 0 heterocycles. The lowest BCUT2D eigenvalue weighted by Crippen LogP contribution is -2.34. The molecule has 0 radical (unpaired) electrons. The quantitative estimate of drug-likeness (QED) is 0.760. The number of nitrogens with zero attached hydrogens (tertiary/aromatic N) is 1. The van der Waals surface area contributed by atoms with Crippen molar-refractivity contribution in [3.63, 3.8) is 0 Å². The first-order chi connectivity index (χ1) is 8.16. The van der Waals surface area contributed by atoms with E-state index < -0.39 is 0 Å². The van der Waals surface area contributed by atoms with Crippen molar-refractivity contribution in [2.45, 2.75) is 39.2 Å². The predicted octanol–water partition coefficient (Wildman–Crippen LogP) is 2.21. The molecule has 2 heteroatoms. The average Bonchev–Trinajstić information content (AvgIpc) is 2.70. The third-order valence-corrected chi connectivity index (χ3v) is 5.46. The molecule has 0 amide bonds. The molecule has 2 bridgehead atoms. The zero-order valence-corrected chi connectivity index (χ0v) is 11.7. The lowest BCUT2D eigenvalue weighted by atomic mass is 10.0. The second-order valence-corrected chi connectivity index (χ2v) is 7.02. The first-order valence-corrected chi connectivity index (χ1v) is 7.58. The minimum absolute atomic E-state index is 0.625. The minimum Gasteiger partial charge on any atom is -0.313 e. The van der Waals surface area contributed by atoms with Crippen LogP contribution in [0.4, 0.5) is 0 Å². The van der Waals surface area contributed by atoms with E-state index in [0.29, 0.717) is 6.04 Å². The van der Waals surface area contributed by atoms with Crippen LogP contribution in [0.5, 0.6) is 0 Å². The summed E-state index contributed by atoms with van der Waals surface area (Å²) in [5, 5.41) is 3.51. The van der Waals surface area contributed by atoms with Crippen LogP contribution in [0.3, 0.4) is 0 Å². The van der Waals surface area contributed by atoms with Gasteiger partial charge in [-0.1, -0.05) is 13.8 Å². The second-order valence-electron chi connectivity index (χ2n) is 7.02. The lowest BCUT2D eigenvalue weighted by molar-refractivity contribution is 0.285. The monoisotopic (exact) mass is 236 g/mol. The van der Waals surface area contributed by atoms with E-state index in [4.69, 9.17) is 0 Å². The van der Waals surface area contributed by atoms with Gasteiger partial charge in [-0.15, -0.1) is 0 Å². The van der Waals surface area contributed by atoms with Crippen LogP contribution in [0.15, 0.2) is 0 Å². The normalized spacial score (nSPS) is 42.5. The lowest BCUT2D eigenvalue weighted by Gasteiger charge is -2.19. The van der Waals surface area contributed by atoms with Crippen LogP contribution in [-0.2, 0) is 0 Å². The average molecular weight is 236 g/mol. The molecule has 3 aliphatic carbocycles. The fourth-order valence-electron chi connectivity index (χ4n) is 4.75. The van der Waals surface area contributed by atoms with E-state index in [1.165, 1.54) is 13.1 Å². The third kappa shape index (κ3) is 2.26. The zero-order chi connectivity index (χ0) is 12.0. The van der Waals surface area contributed by atoms with Crippen molar-refractivity contribution < 1.29 is 0 Å². The van der Waals surface area contributed by atoms with Gasteiger partial charge >= 0.3 is 0 Å². The van der Waals surface area contributed by atoms with Gasteiger partial charge in [-0.25, -0.2) is 0 Å². The molecule has 3 rings (SSSR count). The third-order valence-electron chi connectivity index (χ3n) is 5.46. The smallest absolute Gasteiger partial charge is 0.0104 e. The van der Waals surface area contributed by atoms with Crippen molar-refractivity contribution >= 4 is 0 Å².